The Morgan fingerprint density at radius 1 is 1.35 bits per heavy atom. The van der Waals surface area contributed by atoms with Crippen LogP contribution in [0, 0.1) is 12.8 Å². The van der Waals surface area contributed by atoms with Crippen molar-refractivity contribution in [3.8, 4) is 5.69 Å². The van der Waals surface area contributed by atoms with Gasteiger partial charge in [-0.15, -0.1) is 0 Å². The summed E-state index contributed by atoms with van der Waals surface area (Å²) in [7, 11) is 0. The fraction of sp³-hybridized carbons (Fsp3) is 0.368. The first-order chi connectivity index (χ1) is 12.4. The fourth-order valence-electron chi connectivity index (χ4n) is 3.08. The van der Waals surface area contributed by atoms with E-state index in [1.807, 2.05) is 0 Å². The summed E-state index contributed by atoms with van der Waals surface area (Å²) in [5, 5.41) is 7.01. The van der Waals surface area contributed by atoms with E-state index >= 15 is 0 Å². The second-order valence-corrected chi connectivity index (χ2v) is 6.46. The zero-order valence-electron chi connectivity index (χ0n) is 14.4. The third-order valence-electron chi connectivity index (χ3n) is 4.60. The molecule has 4 nitrogen and oxygen atoms in total. The van der Waals surface area contributed by atoms with Crippen molar-refractivity contribution in [1.29, 1.82) is 0 Å². The number of benzene rings is 1. The number of halogens is 3. The van der Waals surface area contributed by atoms with Crippen LogP contribution in [0.25, 0.3) is 5.69 Å². The van der Waals surface area contributed by atoms with E-state index in [4.69, 9.17) is 0 Å². The fourth-order valence-corrected chi connectivity index (χ4v) is 3.08. The highest BCUT2D eigenvalue weighted by atomic mass is 19.4. The van der Waals surface area contributed by atoms with E-state index in [1.165, 1.54) is 23.0 Å². The molecule has 1 aliphatic carbocycles. The van der Waals surface area contributed by atoms with Gasteiger partial charge >= 0.3 is 6.18 Å². The zero-order valence-corrected chi connectivity index (χ0v) is 14.4. The van der Waals surface area contributed by atoms with E-state index in [2.05, 4.69) is 22.6 Å². The average molecular weight is 363 g/mol. The number of hydrogen-bond acceptors (Lipinski definition) is 2. The van der Waals surface area contributed by atoms with E-state index in [-0.39, 0.29) is 11.6 Å². The second kappa shape index (κ2) is 7.35. The number of nitrogens with zero attached hydrogens (tertiary/aromatic N) is 2. The Labute approximate surface area is 149 Å². The Hall–Kier alpha value is -2.57. The van der Waals surface area contributed by atoms with Gasteiger partial charge in [0, 0.05) is 6.54 Å². The molecule has 1 amide bonds. The predicted octanol–water partition coefficient (Wildman–Crippen LogP) is 4.29. The number of hydrogen-bond donors (Lipinski definition) is 1. The van der Waals surface area contributed by atoms with Crippen molar-refractivity contribution in [2.45, 2.75) is 32.4 Å². The van der Waals surface area contributed by atoms with Crippen LogP contribution in [0.15, 0.2) is 42.6 Å². The minimum absolute atomic E-state index is 0.254. The second-order valence-electron chi connectivity index (χ2n) is 6.46. The lowest BCUT2D eigenvalue weighted by Gasteiger charge is -2.18. The molecule has 1 heterocycles. The van der Waals surface area contributed by atoms with Gasteiger partial charge in [0.2, 0.25) is 0 Å². The maximum Gasteiger partial charge on any atom is 0.416 e. The Balaban J connectivity index is 1.75. The first-order valence-corrected chi connectivity index (χ1v) is 8.51. The molecule has 138 valence electrons. The lowest BCUT2D eigenvalue weighted by Crippen LogP contribution is -2.30. The number of alkyl halides is 3. The number of nitrogens with one attached hydrogen (secondary N) is 1. The van der Waals surface area contributed by atoms with Crippen molar-refractivity contribution in [1.82, 2.24) is 15.1 Å². The van der Waals surface area contributed by atoms with E-state index in [9.17, 15) is 18.0 Å². The number of rotatable bonds is 4. The summed E-state index contributed by atoms with van der Waals surface area (Å²) < 4.78 is 40.0. The summed E-state index contributed by atoms with van der Waals surface area (Å²) in [4.78, 5) is 12.4. The molecular formula is C19H20F3N3O. The molecule has 26 heavy (non-hydrogen) atoms. The van der Waals surface area contributed by atoms with Crippen LogP contribution in [0.1, 0.15) is 40.9 Å². The van der Waals surface area contributed by atoms with Gasteiger partial charge < -0.3 is 5.32 Å². The maximum atomic E-state index is 12.9. The molecule has 1 aliphatic rings. The third kappa shape index (κ3) is 3.98. The monoisotopic (exact) mass is 363 g/mol. The number of carbonyl (C=O) groups excluding carboxylic acids is 1. The molecule has 0 radical (unpaired) electrons. The highest BCUT2D eigenvalue weighted by Gasteiger charge is 2.30. The lowest BCUT2D eigenvalue weighted by molar-refractivity contribution is -0.137. The third-order valence-corrected chi connectivity index (χ3v) is 4.60. The summed E-state index contributed by atoms with van der Waals surface area (Å²) in [6.45, 7) is 2.25. The van der Waals surface area contributed by atoms with Gasteiger partial charge in [-0.1, -0.05) is 18.2 Å². The molecule has 1 unspecified atom stereocenters. The van der Waals surface area contributed by atoms with Gasteiger partial charge in [-0.05, 0) is 50.3 Å². The summed E-state index contributed by atoms with van der Waals surface area (Å²) >= 11 is 0. The van der Waals surface area contributed by atoms with E-state index in [0.29, 0.717) is 23.7 Å². The SMILES string of the molecule is Cc1c(C(=O)NCC2CC=CCC2)cnn1-c1cccc(C(F)(F)F)c1. The molecular weight excluding hydrogens is 343 g/mol. The molecule has 7 heteroatoms. The number of amides is 1. The summed E-state index contributed by atoms with van der Waals surface area (Å²) in [5.74, 6) is 0.165. The summed E-state index contributed by atoms with van der Waals surface area (Å²) in [5.41, 5.74) is 0.397. The Morgan fingerprint density at radius 3 is 2.85 bits per heavy atom. The first-order valence-electron chi connectivity index (χ1n) is 8.51. The van der Waals surface area contributed by atoms with Gasteiger partial charge in [0.25, 0.3) is 5.91 Å². The lowest BCUT2D eigenvalue weighted by atomic mass is 9.94. The van der Waals surface area contributed by atoms with Crippen molar-refractivity contribution < 1.29 is 18.0 Å². The van der Waals surface area contributed by atoms with Gasteiger partial charge in [0.1, 0.15) is 0 Å². The molecule has 3 rings (SSSR count). The van der Waals surface area contributed by atoms with E-state index in [1.54, 1.807) is 6.92 Å². The Kier molecular flexibility index (Phi) is 5.15. The molecule has 1 aromatic heterocycles. The van der Waals surface area contributed by atoms with E-state index < -0.39 is 11.7 Å². The predicted molar refractivity (Wildman–Crippen MR) is 92.1 cm³/mol. The van der Waals surface area contributed by atoms with Crippen LogP contribution in [0.4, 0.5) is 13.2 Å². The van der Waals surface area contributed by atoms with Crippen molar-refractivity contribution in [3.05, 3.63) is 59.4 Å². The molecule has 1 aromatic carbocycles. The largest absolute Gasteiger partial charge is 0.416 e. The van der Waals surface area contributed by atoms with Crippen molar-refractivity contribution >= 4 is 5.91 Å². The van der Waals surface area contributed by atoms with Crippen LogP contribution >= 0.6 is 0 Å². The van der Waals surface area contributed by atoms with E-state index in [0.717, 1.165) is 31.4 Å². The summed E-state index contributed by atoms with van der Waals surface area (Å²) in [6.07, 6.45) is 4.24. The maximum absolute atomic E-state index is 12.9. The van der Waals surface area contributed by atoms with Gasteiger partial charge in [0.05, 0.1) is 28.7 Å². The average Bonchev–Trinajstić information content (AvgIpc) is 3.01. The number of allylic oxidation sites excluding steroid dienone is 2. The summed E-state index contributed by atoms with van der Waals surface area (Å²) in [6, 6.07) is 4.89. The van der Waals surface area contributed by atoms with Crippen molar-refractivity contribution in [3.63, 3.8) is 0 Å². The topological polar surface area (TPSA) is 46.9 Å². The quantitative estimate of drug-likeness (QED) is 0.824. The van der Waals surface area contributed by atoms with Crippen LogP contribution in [-0.2, 0) is 6.18 Å². The van der Waals surface area contributed by atoms with Crippen LogP contribution in [0.3, 0.4) is 0 Å². The van der Waals surface area contributed by atoms with Crippen LogP contribution in [0.2, 0.25) is 0 Å². The van der Waals surface area contributed by atoms with Crippen molar-refractivity contribution in [2.75, 3.05) is 6.54 Å². The Morgan fingerprint density at radius 2 is 2.15 bits per heavy atom. The van der Waals surface area contributed by atoms with Crippen molar-refractivity contribution in [2.24, 2.45) is 5.92 Å². The van der Waals surface area contributed by atoms with Crippen LogP contribution in [-0.4, -0.2) is 22.2 Å². The smallest absolute Gasteiger partial charge is 0.352 e. The highest BCUT2D eigenvalue weighted by Crippen LogP contribution is 2.30. The molecule has 0 spiro atoms. The molecule has 2 aromatic rings. The number of carbonyl (C=O) groups is 1. The first kappa shape index (κ1) is 18.2. The minimum atomic E-state index is -4.42. The molecule has 0 saturated carbocycles. The standard InChI is InChI=1S/C19H20F3N3O/c1-13-17(18(26)23-11-14-6-3-2-4-7-14)12-24-25(13)16-9-5-8-15(10-16)19(20,21)22/h2-3,5,8-10,12,14H,4,6-7,11H2,1H3,(H,23,26). The van der Waals surface area contributed by atoms with Gasteiger partial charge in [-0.3, -0.25) is 4.79 Å². The highest BCUT2D eigenvalue weighted by molar-refractivity contribution is 5.95. The molecule has 0 saturated heterocycles. The van der Waals surface area contributed by atoms with Crippen LogP contribution < -0.4 is 5.32 Å². The van der Waals surface area contributed by atoms with Crippen LogP contribution in [0.5, 0.6) is 0 Å². The molecule has 1 atom stereocenters. The number of aromatic nitrogens is 2. The molecule has 1 N–H and O–H groups in total. The van der Waals surface area contributed by atoms with Gasteiger partial charge in [0.15, 0.2) is 0 Å². The Bertz CT molecular complexity index is 824. The van der Waals surface area contributed by atoms with Gasteiger partial charge in [-0.25, -0.2) is 4.68 Å². The molecule has 0 aliphatic heterocycles. The normalized spacial score (nSPS) is 17.3. The van der Waals surface area contributed by atoms with Gasteiger partial charge in [-0.2, -0.15) is 18.3 Å². The molecule has 0 bridgehead atoms. The molecule has 0 fully saturated rings. The zero-order chi connectivity index (χ0) is 18.7. The minimum Gasteiger partial charge on any atom is -0.352 e.